The molecule has 24 heavy (non-hydrogen) atoms. The number of hydrogen-bond acceptors (Lipinski definition) is 5. The number of amides is 1. The number of ether oxygens (including phenoxy) is 2. The zero-order valence-corrected chi connectivity index (χ0v) is 13.4. The SMILES string of the molecule is O=C(CN1CCC[C@H]1c1ccc2c(c1)OCO2)NCc1ccco1. The van der Waals surface area contributed by atoms with Gasteiger partial charge in [0.25, 0.3) is 0 Å². The molecule has 2 aromatic rings. The van der Waals surface area contributed by atoms with E-state index in [0.717, 1.165) is 36.6 Å². The standard InChI is InChI=1S/C18H20N2O4/c21-18(19-10-14-3-2-8-22-14)11-20-7-1-4-15(20)13-5-6-16-17(9-13)24-12-23-16/h2-3,5-6,8-9,15H,1,4,7,10-12H2,(H,19,21)/t15-/m0/s1. The highest BCUT2D eigenvalue weighted by atomic mass is 16.7. The Bertz CT molecular complexity index is 714. The summed E-state index contributed by atoms with van der Waals surface area (Å²) in [4.78, 5) is 14.4. The fourth-order valence-corrected chi connectivity index (χ4v) is 3.35. The Labute approximate surface area is 140 Å². The van der Waals surface area contributed by atoms with Gasteiger partial charge in [0.15, 0.2) is 11.5 Å². The van der Waals surface area contributed by atoms with Crippen LogP contribution in [0.15, 0.2) is 41.0 Å². The van der Waals surface area contributed by atoms with Gasteiger partial charge in [0.1, 0.15) is 5.76 Å². The second-order valence-electron chi connectivity index (χ2n) is 6.10. The molecule has 0 aliphatic carbocycles. The molecule has 0 unspecified atom stereocenters. The normalized spacial score (nSPS) is 19.6. The first kappa shape index (κ1) is 15.1. The number of nitrogens with one attached hydrogen (secondary N) is 1. The van der Waals surface area contributed by atoms with E-state index in [1.807, 2.05) is 24.3 Å². The van der Waals surface area contributed by atoms with E-state index in [0.29, 0.717) is 13.1 Å². The number of furan rings is 1. The molecule has 1 aromatic heterocycles. The molecule has 0 spiro atoms. The maximum absolute atomic E-state index is 12.2. The molecular formula is C18H20N2O4. The number of benzene rings is 1. The van der Waals surface area contributed by atoms with E-state index in [2.05, 4.69) is 16.3 Å². The molecule has 2 aliphatic rings. The number of hydrogen-bond donors (Lipinski definition) is 1. The van der Waals surface area contributed by atoms with Crippen LogP contribution in [0.2, 0.25) is 0 Å². The molecular weight excluding hydrogens is 308 g/mol. The predicted octanol–water partition coefficient (Wildman–Crippen LogP) is 2.46. The summed E-state index contributed by atoms with van der Waals surface area (Å²) in [5.41, 5.74) is 1.18. The summed E-state index contributed by atoms with van der Waals surface area (Å²) in [6, 6.07) is 9.96. The molecule has 1 saturated heterocycles. The first-order chi connectivity index (χ1) is 11.8. The molecule has 3 heterocycles. The summed E-state index contributed by atoms with van der Waals surface area (Å²) in [5, 5.41) is 2.91. The Kier molecular flexibility index (Phi) is 4.13. The van der Waals surface area contributed by atoms with Gasteiger partial charge >= 0.3 is 0 Å². The molecule has 126 valence electrons. The quantitative estimate of drug-likeness (QED) is 0.913. The summed E-state index contributed by atoms with van der Waals surface area (Å²) in [6.45, 7) is 2.02. The van der Waals surface area contributed by atoms with Crippen LogP contribution >= 0.6 is 0 Å². The third-order valence-electron chi connectivity index (χ3n) is 4.53. The van der Waals surface area contributed by atoms with E-state index in [-0.39, 0.29) is 18.7 Å². The summed E-state index contributed by atoms with van der Waals surface area (Å²) < 4.78 is 16.1. The number of carbonyl (C=O) groups excluding carboxylic acids is 1. The number of rotatable bonds is 5. The van der Waals surface area contributed by atoms with Crippen molar-refractivity contribution in [2.24, 2.45) is 0 Å². The van der Waals surface area contributed by atoms with E-state index < -0.39 is 0 Å². The van der Waals surface area contributed by atoms with Crippen LogP contribution in [0, 0.1) is 0 Å². The van der Waals surface area contributed by atoms with E-state index in [1.165, 1.54) is 5.56 Å². The third kappa shape index (κ3) is 3.10. The van der Waals surface area contributed by atoms with Gasteiger partial charge in [0.2, 0.25) is 12.7 Å². The van der Waals surface area contributed by atoms with Gasteiger partial charge in [-0.15, -0.1) is 0 Å². The Morgan fingerprint density at radius 2 is 2.17 bits per heavy atom. The minimum absolute atomic E-state index is 0.0130. The Balaban J connectivity index is 1.38. The van der Waals surface area contributed by atoms with Crippen LogP contribution in [-0.4, -0.2) is 30.7 Å². The van der Waals surface area contributed by atoms with Crippen molar-refractivity contribution in [3.05, 3.63) is 47.9 Å². The monoisotopic (exact) mass is 328 g/mol. The fraction of sp³-hybridized carbons (Fsp3) is 0.389. The van der Waals surface area contributed by atoms with Crippen molar-refractivity contribution in [3.63, 3.8) is 0 Å². The van der Waals surface area contributed by atoms with Gasteiger partial charge in [-0.1, -0.05) is 6.07 Å². The summed E-state index contributed by atoms with van der Waals surface area (Å²) >= 11 is 0. The van der Waals surface area contributed by atoms with Crippen molar-refractivity contribution in [2.45, 2.75) is 25.4 Å². The maximum Gasteiger partial charge on any atom is 0.234 e. The second-order valence-corrected chi connectivity index (χ2v) is 6.10. The van der Waals surface area contributed by atoms with Crippen LogP contribution in [0.1, 0.15) is 30.2 Å². The lowest BCUT2D eigenvalue weighted by molar-refractivity contribution is -0.122. The van der Waals surface area contributed by atoms with Crippen molar-refractivity contribution < 1.29 is 18.7 Å². The lowest BCUT2D eigenvalue weighted by atomic mass is 10.0. The van der Waals surface area contributed by atoms with Gasteiger partial charge < -0.3 is 19.2 Å². The highest BCUT2D eigenvalue weighted by Gasteiger charge is 2.28. The van der Waals surface area contributed by atoms with Crippen molar-refractivity contribution in [2.75, 3.05) is 19.9 Å². The van der Waals surface area contributed by atoms with Gasteiger partial charge in [-0.2, -0.15) is 0 Å². The van der Waals surface area contributed by atoms with Crippen molar-refractivity contribution in [1.29, 1.82) is 0 Å². The highest BCUT2D eigenvalue weighted by molar-refractivity contribution is 5.78. The van der Waals surface area contributed by atoms with Gasteiger partial charge in [0, 0.05) is 6.04 Å². The Morgan fingerprint density at radius 3 is 3.04 bits per heavy atom. The van der Waals surface area contributed by atoms with Crippen LogP contribution in [-0.2, 0) is 11.3 Å². The minimum atomic E-state index is 0.0130. The molecule has 0 bridgehead atoms. The molecule has 0 saturated carbocycles. The summed E-state index contributed by atoms with van der Waals surface area (Å²) in [6.07, 6.45) is 3.74. The van der Waals surface area contributed by atoms with Crippen molar-refractivity contribution in [3.8, 4) is 11.5 Å². The Hall–Kier alpha value is -2.47. The lowest BCUT2D eigenvalue weighted by Gasteiger charge is -2.24. The predicted molar refractivity (Wildman–Crippen MR) is 86.7 cm³/mol. The molecule has 1 amide bonds. The van der Waals surface area contributed by atoms with Gasteiger partial charge in [-0.25, -0.2) is 0 Å². The number of nitrogens with zero attached hydrogens (tertiary/aromatic N) is 1. The first-order valence-corrected chi connectivity index (χ1v) is 8.22. The smallest absolute Gasteiger partial charge is 0.234 e. The fourth-order valence-electron chi connectivity index (χ4n) is 3.35. The molecule has 2 aliphatic heterocycles. The summed E-state index contributed by atoms with van der Waals surface area (Å²) in [7, 11) is 0. The molecule has 1 N–H and O–H groups in total. The zero-order chi connectivity index (χ0) is 16.4. The van der Waals surface area contributed by atoms with Crippen molar-refractivity contribution >= 4 is 5.91 Å². The second kappa shape index (κ2) is 6.57. The third-order valence-corrected chi connectivity index (χ3v) is 4.53. The maximum atomic E-state index is 12.2. The van der Waals surface area contributed by atoms with Crippen molar-refractivity contribution in [1.82, 2.24) is 10.2 Å². The van der Waals surface area contributed by atoms with Crippen LogP contribution in [0.5, 0.6) is 11.5 Å². The lowest BCUT2D eigenvalue weighted by Crippen LogP contribution is -2.36. The topological polar surface area (TPSA) is 63.9 Å². The van der Waals surface area contributed by atoms with Crippen LogP contribution in [0.4, 0.5) is 0 Å². The number of fused-ring (bicyclic) bond motifs is 1. The molecule has 0 radical (unpaired) electrons. The molecule has 4 rings (SSSR count). The van der Waals surface area contributed by atoms with E-state index in [4.69, 9.17) is 13.9 Å². The number of carbonyl (C=O) groups is 1. The largest absolute Gasteiger partial charge is 0.467 e. The molecule has 6 nitrogen and oxygen atoms in total. The number of likely N-dealkylation sites (tertiary alicyclic amines) is 1. The average molecular weight is 328 g/mol. The highest BCUT2D eigenvalue weighted by Crippen LogP contribution is 2.38. The summed E-state index contributed by atoms with van der Waals surface area (Å²) in [5.74, 6) is 2.36. The first-order valence-electron chi connectivity index (χ1n) is 8.22. The van der Waals surface area contributed by atoms with Gasteiger partial charge in [0.05, 0.1) is 19.4 Å². The van der Waals surface area contributed by atoms with E-state index in [1.54, 1.807) is 6.26 Å². The van der Waals surface area contributed by atoms with E-state index in [9.17, 15) is 4.79 Å². The van der Waals surface area contributed by atoms with Crippen LogP contribution < -0.4 is 14.8 Å². The zero-order valence-electron chi connectivity index (χ0n) is 13.4. The molecule has 1 fully saturated rings. The Morgan fingerprint density at radius 1 is 1.25 bits per heavy atom. The van der Waals surface area contributed by atoms with E-state index >= 15 is 0 Å². The van der Waals surface area contributed by atoms with Crippen LogP contribution in [0.25, 0.3) is 0 Å². The van der Waals surface area contributed by atoms with Gasteiger partial charge in [-0.3, -0.25) is 9.69 Å². The van der Waals surface area contributed by atoms with Crippen LogP contribution in [0.3, 0.4) is 0 Å². The minimum Gasteiger partial charge on any atom is -0.467 e. The van der Waals surface area contributed by atoms with Gasteiger partial charge in [-0.05, 0) is 49.2 Å². The molecule has 1 aromatic carbocycles. The average Bonchev–Trinajstić information content (AvgIpc) is 3.33. The molecule has 6 heteroatoms. The molecule has 1 atom stereocenters.